The second-order valence-corrected chi connectivity index (χ2v) is 8.36. The smallest absolute Gasteiger partial charge is 0.161 e. The molecule has 0 unspecified atom stereocenters. The van der Waals surface area contributed by atoms with Crippen LogP contribution in [0.2, 0.25) is 0 Å². The number of aromatic amines is 2. The molecular weight excluding hydrogens is 447 g/mol. The van der Waals surface area contributed by atoms with E-state index >= 15 is 0 Å². The Balaban J connectivity index is 1.48. The van der Waals surface area contributed by atoms with Gasteiger partial charge < -0.3 is 15.0 Å². The lowest BCUT2D eigenvalue weighted by atomic mass is 10.1. The van der Waals surface area contributed by atoms with E-state index < -0.39 is 5.82 Å². The number of aromatic nitrogens is 7. The van der Waals surface area contributed by atoms with Crippen molar-refractivity contribution in [2.45, 2.75) is 0 Å². The number of fused-ring (bicyclic) bond motifs is 2. The maximum atomic E-state index is 13.9. The van der Waals surface area contributed by atoms with Gasteiger partial charge in [0, 0.05) is 55.4 Å². The number of H-pyrrole nitrogens is 2. The molecule has 3 N–H and O–H groups in total. The Hall–Kier alpha value is -4.86. The number of phenolic OH excluding ortho intramolecular Hbond substituents is 1. The Morgan fingerprint density at radius 1 is 0.914 bits per heavy atom. The van der Waals surface area contributed by atoms with Crippen LogP contribution >= 0.6 is 0 Å². The first-order valence-corrected chi connectivity index (χ1v) is 10.8. The lowest BCUT2D eigenvalue weighted by Crippen LogP contribution is -2.08. The van der Waals surface area contributed by atoms with Crippen LogP contribution < -0.4 is 4.90 Å². The van der Waals surface area contributed by atoms with Crippen molar-refractivity contribution in [1.29, 1.82) is 0 Å². The number of nitrogens with one attached hydrogen (secondary N) is 2. The van der Waals surface area contributed by atoms with Gasteiger partial charge in [0.25, 0.3) is 0 Å². The van der Waals surface area contributed by atoms with Gasteiger partial charge in [0.2, 0.25) is 0 Å². The highest BCUT2D eigenvalue weighted by molar-refractivity contribution is 5.96. The summed E-state index contributed by atoms with van der Waals surface area (Å²) in [6, 6.07) is 9.66. The van der Waals surface area contributed by atoms with Crippen LogP contribution in [0.3, 0.4) is 0 Å². The van der Waals surface area contributed by atoms with Gasteiger partial charge in [-0.15, -0.1) is 0 Å². The summed E-state index contributed by atoms with van der Waals surface area (Å²) < 4.78 is 13.9. The Kier molecular flexibility index (Phi) is 4.66. The maximum Gasteiger partial charge on any atom is 0.161 e. The largest absolute Gasteiger partial charge is 0.508 e. The van der Waals surface area contributed by atoms with Crippen molar-refractivity contribution < 1.29 is 9.50 Å². The van der Waals surface area contributed by atoms with Gasteiger partial charge >= 0.3 is 0 Å². The predicted molar refractivity (Wildman–Crippen MR) is 131 cm³/mol. The van der Waals surface area contributed by atoms with Gasteiger partial charge in [-0.3, -0.25) is 10.1 Å². The van der Waals surface area contributed by atoms with Crippen LogP contribution in [0.1, 0.15) is 0 Å². The van der Waals surface area contributed by atoms with E-state index in [0.717, 1.165) is 28.3 Å². The summed E-state index contributed by atoms with van der Waals surface area (Å²) in [5.74, 6) is -0.207. The zero-order chi connectivity index (χ0) is 24.1. The fourth-order valence-electron chi connectivity index (χ4n) is 4.06. The number of anilines is 1. The summed E-state index contributed by atoms with van der Waals surface area (Å²) in [6.45, 7) is 0. The number of imidazole rings is 1. The molecule has 5 heterocycles. The number of rotatable bonds is 4. The third-order valence-corrected chi connectivity index (χ3v) is 5.79. The molecule has 0 saturated heterocycles. The van der Waals surface area contributed by atoms with E-state index in [1.165, 1.54) is 12.1 Å². The quantitative estimate of drug-likeness (QED) is 0.349. The van der Waals surface area contributed by atoms with Gasteiger partial charge in [-0.05, 0) is 35.9 Å². The van der Waals surface area contributed by atoms with Crippen molar-refractivity contribution >= 4 is 27.9 Å². The molecule has 9 nitrogen and oxygen atoms in total. The van der Waals surface area contributed by atoms with Crippen LogP contribution in [0.5, 0.6) is 5.75 Å². The molecule has 35 heavy (non-hydrogen) atoms. The topological polar surface area (TPSA) is 120 Å². The third-order valence-electron chi connectivity index (χ3n) is 5.79. The molecule has 0 saturated carbocycles. The van der Waals surface area contributed by atoms with Crippen LogP contribution in [-0.4, -0.2) is 54.3 Å². The van der Waals surface area contributed by atoms with E-state index in [-0.39, 0.29) is 5.75 Å². The van der Waals surface area contributed by atoms with Gasteiger partial charge in [-0.25, -0.2) is 19.3 Å². The van der Waals surface area contributed by atoms with Gasteiger partial charge in [-0.1, -0.05) is 0 Å². The number of hydrogen-bond acceptors (Lipinski definition) is 7. The average Bonchev–Trinajstić information content (AvgIpc) is 3.47. The lowest BCUT2D eigenvalue weighted by Gasteiger charge is -2.12. The Morgan fingerprint density at radius 2 is 1.77 bits per heavy atom. The van der Waals surface area contributed by atoms with E-state index in [1.54, 1.807) is 30.9 Å². The molecule has 5 aromatic heterocycles. The van der Waals surface area contributed by atoms with Crippen LogP contribution in [-0.2, 0) is 0 Å². The van der Waals surface area contributed by atoms with Crippen LogP contribution in [0.4, 0.5) is 10.1 Å². The van der Waals surface area contributed by atoms with Crippen molar-refractivity contribution in [3.05, 3.63) is 67.0 Å². The first kappa shape index (κ1) is 20.7. The van der Waals surface area contributed by atoms with Crippen molar-refractivity contribution in [3.8, 4) is 39.5 Å². The van der Waals surface area contributed by atoms with E-state index in [1.807, 2.05) is 31.1 Å². The van der Waals surface area contributed by atoms with E-state index in [9.17, 15) is 9.50 Å². The normalized spacial score (nSPS) is 11.4. The molecule has 0 aliphatic heterocycles. The zero-order valence-corrected chi connectivity index (χ0v) is 18.8. The van der Waals surface area contributed by atoms with E-state index in [2.05, 4.69) is 30.1 Å². The molecule has 6 aromatic rings. The molecular formula is C25H19FN8O. The summed E-state index contributed by atoms with van der Waals surface area (Å²) in [5, 5.41) is 18.0. The van der Waals surface area contributed by atoms with Crippen molar-refractivity contribution in [1.82, 2.24) is 35.1 Å². The number of hydrogen-bond donors (Lipinski definition) is 3. The highest BCUT2D eigenvalue weighted by Gasteiger charge is 2.17. The highest BCUT2D eigenvalue weighted by Crippen LogP contribution is 2.33. The fourth-order valence-corrected chi connectivity index (χ4v) is 4.06. The van der Waals surface area contributed by atoms with Gasteiger partial charge in [0.05, 0.1) is 17.3 Å². The number of pyridine rings is 3. The summed E-state index contributed by atoms with van der Waals surface area (Å²) >= 11 is 0. The number of benzene rings is 1. The van der Waals surface area contributed by atoms with Gasteiger partial charge in [0.15, 0.2) is 17.1 Å². The minimum absolute atomic E-state index is 0.162. The maximum absolute atomic E-state index is 13.9. The first-order chi connectivity index (χ1) is 17.0. The third kappa shape index (κ3) is 3.61. The molecule has 0 amide bonds. The van der Waals surface area contributed by atoms with Crippen molar-refractivity contribution in [2.75, 3.05) is 19.0 Å². The lowest BCUT2D eigenvalue weighted by molar-refractivity contribution is 0.469. The number of halogens is 1. The van der Waals surface area contributed by atoms with Crippen molar-refractivity contribution in [3.63, 3.8) is 0 Å². The summed E-state index contributed by atoms with van der Waals surface area (Å²) in [5.41, 5.74) is 6.18. The number of phenols is 1. The molecule has 0 bridgehead atoms. The van der Waals surface area contributed by atoms with E-state index in [4.69, 9.17) is 4.98 Å². The van der Waals surface area contributed by atoms with Gasteiger partial charge in [0.1, 0.15) is 22.8 Å². The molecule has 0 spiro atoms. The molecule has 6 rings (SSSR count). The molecule has 0 fully saturated rings. The van der Waals surface area contributed by atoms with Crippen molar-refractivity contribution in [2.24, 2.45) is 0 Å². The SMILES string of the molecule is CN(C)c1cncc(-c2cnc3[nH]nc(-c4nc5c(-c6cc(O)cc(F)c6)ccnc5[nH]4)c3c2)c1. The van der Waals surface area contributed by atoms with E-state index in [0.29, 0.717) is 39.5 Å². The second-order valence-electron chi connectivity index (χ2n) is 8.36. The summed E-state index contributed by atoms with van der Waals surface area (Å²) in [6.07, 6.45) is 6.97. The predicted octanol–water partition coefficient (Wildman–Crippen LogP) is 4.54. The average molecular weight is 466 g/mol. The highest BCUT2D eigenvalue weighted by atomic mass is 19.1. The summed E-state index contributed by atoms with van der Waals surface area (Å²) in [7, 11) is 3.93. The minimum Gasteiger partial charge on any atom is -0.508 e. The molecule has 0 atom stereocenters. The number of nitrogens with zero attached hydrogens (tertiary/aromatic N) is 6. The second kappa shape index (κ2) is 7.87. The van der Waals surface area contributed by atoms with Gasteiger partial charge in [-0.2, -0.15) is 5.10 Å². The standard InChI is InChI=1S/C25H19FN8O/c1-34(2)17-6-14(10-27-12-17)15-8-20-22(32-33-23(20)29-11-15)25-30-21-19(3-4-28-24(21)31-25)13-5-16(26)9-18(35)7-13/h3-12,35H,1-2H3,(H,28,30,31)(H,29,32,33). The Morgan fingerprint density at radius 3 is 2.60 bits per heavy atom. The molecule has 10 heteroatoms. The first-order valence-electron chi connectivity index (χ1n) is 10.8. The molecule has 1 aromatic carbocycles. The molecule has 0 aliphatic carbocycles. The molecule has 0 radical (unpaired) electrons. The number of aromatic hydroxyl groups is 1. The fraction of sp³-hybridized carbons (Fsp3) is 0.0800. The van der Waals surface area contributed by atoms with Crippen LogP contribution in [0.25, 0.3) is 56.0 Å². The van der Waals surface area contributed by atoms with Crippen LogP contribution in [0, 0.1) is 5.82 Å². The Bertz CT molecular complexity index is 1700. The monoisotopic (exact) mass is 466 g/mol. The Labute approximate surface area is 198 Å². The zero-order valence-electron chi connectivity index (χ0n) is 18.8. The molecule has 0 aliphatic rings. The van der Waals surface area contributed by atoms with Crippen LogP contribution in [0.15, 0.2) is 61.2 Å². The summed E-state index contributed by atoms with van der Waals surface area (Å²) in [4.78, 5) is 23.2. The minimum atomic E-state index is -0.537. The molecule has 172 valence electrons.